The van der Waals surface area contributed by atoms with Gasteiger partial charge in [0.1, 0.15) is 0 Å². The fourth-order valence-corrected chi connectivity index (χ4v) is 4.20. The van der Waals surface area contributed by atoms with Crippen LogP contribution in [0.2, 0.25) is 0 Å². The van der Waals surface area contributed by atoms with Crippen molar-refractivity contribution in [3.05, 3.63) is 29.8 Å². The van der Waals surface area contributed by atoms with Gasteiger partial charge in [-0.3, -0.25) is 0 Å². The molecule has 0 atom stereocenters. The number of hydrogen-bond donors (Lipinski definition) is 2. The maximum absolute atomic E-state index is 10.7. The van der Waals surface area contributed by atoms with Crippen molar-refractivity contribution in [2.75, 3.05) is 0 Å². The standard InChI is InChI=1S/C18H29BO2.2C6H15N/c1-2-3-4-5-6-7-8-9-10-11-12-17-13-15-18(16-14-17)19(20)21;2*1-5(2)7-6(3)4/h13-16H,2-12H2,1H3;2*5-7H,1-4H3/q-2;;/p+2. The van der Waals surface area contributed by atoms with Crippen LogP contribution in [0.15, 0.2) is 24.3 Å². The lowest BCUT2D eigenvalue weighted by atomic mass is 9.80. The fourth-order valence-electron chi connectivity index (χ4n) is 4.20. The maximum atomic E-state index is 10.7. The van der Waals surface area contributed by atoms with Crippen LogP contribution in [0.3, 0.4) is 0 Å². The monoisotopic (exact) mass is 492 g/mol. The topological polar surface area (TPSA) is 79.3 Å². The summed E-state index contributed by atoms with van der Waals surface area (Å²) in [6, 6.07) is 10.2. The van der Waals surface area contributed by atoms with Crippen LogP contribution in [0.4, 0.5) is 0 Å². The van der Waals surface area contributed by atoms with Crippen LogP contribution < -0.4 is 26.1 Å². The molecular formula is C30H61BN2O2. The van der Waals surface area contributed by atoms with Gasteiger partial charge < -0.3 is 20.7 Å². The lowest BCUT2D eigenvalue weighted by Gasteiger charge is -2.26. The molecule has 1 aromatic carbocycles. The molecule has 0 amide bonds. The van der Waals surface area contributed by atoms with Crippen molar-refractivity contribution >= 4 is 12.6 Å². The molecule has 4 nitrogen and oxygen atoms in total. The second kappa shape index (κ2) is 24.8. The van der Waals surface area contributed by atoms with Crippen molar-refractivity contribution in [2.45, 2.75) is 157 Å². The average Bonchev–Trinajstić information content (AvgIpc) is 2.74. The van der Waals surface area contributed by atoms with Crippen LogP contribution in [-0.4, -0.2) is 31.3 Å². The van der Waals surface area contributed by atoms with E-state index in [0.717, 1.165) is 30.6 Å². The fraction of sp³-hybridized carbons (Fsp3) is 0.800. The van der Waals surface area contributed by atoms with E-state index in [1.807, 2.05) is 12.1 Å². The molecule has 1 rings (SSSR count). The van der Waals surface area contributed by atoms with Gasteiger partial charge in [0, 0.05) is 0 Å². The minimum Gasteiger partial charge on any atom is -0.889 e. The van der Waals surface area contributed by atoms with Crippen molar-refractivity contribution in [1.29, 1.82) is 0 Å². The summed E-state index contributed by atoms with van der Waals surface area (Å²) in [6.45, 7) is 19.9. The van der Waals surface area contributed by atoms with Crippen molar-refractivity contribution in [3.8, 4) is 0 Å². The Kier molecular flexibility index (Phi) is 25.7. The zero-order chi connectivity index (χ0) is 27.1. The number of rotatable bonds is 16. The summed E-state index contributed by atoms with van der Waals surface area (Å²) in [5.74, 6) is 0. The molecular weight excluding hydrogens is 431 g/mol. The highest BCUT2D eigenvalue weighted by atomic mass is 16.4. The van der Waals surface area contributed by atoms with Crippen LogP contribution >= 0.6 is 0 Å². The smallest absolute Gasteiger partial charge is 0.0803 e. The Balaban J connectivity index is 0. The third kappa shape index (κ3) is 29.2. The van der Waals surface area contributed by atoms with E-state index in [9.17, 15) is 10.0 Å². The first-order valence-electron chi connectivity index (χ1n) is 14.6. The van der Waals surface area contributed by atoms with Crippen molar-refractivity contribution in [1.82, 2.24) is 0 Å². The number of unbranched alkanes of at least 4 members (excludes halogenated alkanes) is 9. The highest BCUT2D eigenvalue weighted by Crippen LogP contribution is 2.12. The first kappa shape index (κ1) is 36.3. The maximum Gasteiger partial charge on any atom is 0.0803 e. The third-order valence-electron chi connectivity index (χ3n) is 5.61. The molecule has 0 aliphatic carbocycles. The quantitative estimate of drug-likeness (QED) is 0.274. The van der Waals surface area contributed by atoms with E-state index < -0.39 is 7.12 Å². The zero-order valence-electron chi connectivity index (χ0n) is 24.9. The van der Waals surface area contributed by atoms with Gasteiger partial charge in [-0.15, -0.1) is 5.46 Å². The summed E-state index contributed by atoms with van der Waals surface area (Å²) in [5.41, 5.74) is 1.58. The summed E-state index contributed by atoms with van der Waals surface area (Å²) in [5, 5.41) is 26.1. The molecule has 0 aromatic heterocycles. The highest BCUT2D eigenvalue weighted by Gasteiger charge is 1.98. The number of benzene rings is 1. The van der Waals surface area contributed by atoms with Crippen molar-refractivity contribution in [3.63, 3.8) is 0 Å². The van der Waals surface area contributed by atoms with Crippen LogP contribution in [0.1, 0.15) is 132 Å². The molecule has 0 saturated carbocycles. The number of hydrogen-bond acceptors (Lipinski definition) is 2. The van der Waals surface area contributed by atoms with Crippen LogP contribution in [0.25, 0.3) is 0 Å². The minimum atomic E-state index is -1.85. The Morgan fingerprint density at radius 1 is 0.571 bits per heavy atom. The molecule has 0 unspecified atom stereocenters. The molecule has 1 aromatic rings. The summed E-state index contributed by atoms with van der Waals surface area (Å²) in [7, 11) is -1.85. The molecule has 0 heterocycles. The molecule has 4 N–H and O–H groups in total. The Hall–Kier alpha value is -0.875. The van der Waals surface area contributed by atoms with Gasteiger partial charge in [-0.1, -0.05) is 96.1 Å². The molecule has 206 valence electrons. The number of aryl methyl sites for hydroxylation is 1. The predicted molar refractivity (Wildman–Crippen MR) is 152 cm³/mol. The second-order valence-corrected chi connectivity index (χ2v) is 11.4. The van der Waals surface area contributed by atoms with Crippen LogP contribution in [0.5, 0.6) is 0 Å². The predicted octanol–water partition coefficient (Wildman–Crippen LogP) is 3.30. The Labute approximate surface area is 220 Å². The minimum absolute atomic E-state index is 0.349. The van der Waals surface area contributed by atoms with Crippen molar-refractivity contribution < 1.29 is 20.7 Å². The summed E-state index contributed by atoms with van der Waals surface area (Å²) < 4.78 is 0. The average molecular weight is 493 g/mol. The second-order valence-electron chi connectivity index (χ2n) is 11.4. The van der Waals surface area contributed by atoms with Crippen LogP contribution in [-0.2, 0) is 6.42 Å². The summed E-state index contributed by atoms with van der Waals surface area (Å²) in [4.78, 5) is 0. The SMILES string of the molecule is CC(C)[NH2+]C(C)C.CC(C)[NH2+]C(C)C.CCCCCCCCCCCCc1ccc(B([O-])[O-])cc1. The highest BCUT2D eigenvalue weighted by molar-refractivity contribution is 6.55. The van der Waals surface area contributed by atoms with E-state index in [1.54, 1.807) is 12.1 Å². The third-order valence-corrected chi connectivity index (χ3v) is 5.61. The Morgan fingerprint density at radius 3 is 1.20 bits per heavy atom. The zero-order valence-corrected chi connectivity index (χ0v) is 24.9. The normalized spacial score (nSPS) is 10.9. The molecule has 0 bridgehead atoms. The molecule has 0 saturated heterocycles. The van der Waals surface area contributed by atoms with Gasteiger partial charge in [0.05, 0.1) is 24.2 Å². The van der Waals surface area contributed by atoms with E-state index in [2.05, 4.69) is 72.9 Å². The first-order valence-corrected chi connectivity index (χ1v) is 14.6. The van der Waals surface area contributed by atoms with Crippen LogP contribution in [0, 0.1) is 0 Å². The van der Waals surface area contributed by atoms with E-state index in [4.69, 9.17) is 0 Å². The largest absolute Gasteiger partial charge is 0.889 e. The van der Waals surface area contributed by atoms with Gasteiger partial charge in [0.25, 0.3) is 0 Å². The summed E-state index contributed by atoms with van der Waals surface area (Å²) >= 11 is 0. The molecule has 0 aliphatic heterocycles. The van der Waals surface area contributed by atoms with Crippen molar-refractivity contribution in [2.24, 2.45) is 0 Å². The van der Waals surface area contributed by atoms with Gasteiger partial charge in [-0.25, -0.2) is 0 Å². The van der Waals surface area contributed by atoms with Gasteiger partial charge in [-0.2, -0.15) is 0 Å². The van der Waals surface area contributed by atoms with E-state index in [0.29, 0.717) is 5.46 Å². The first-order chi connectivity index (χ1) is 16.5. The molecule has 5 heteroatoms. The van der Waals surface area contributed by atoms with Gasteiger partial charge in [0.15, 0.2) is 0 Å². The number of nitrogens with two attached hydrogens (primary N) is 2. The molecule has 0 aliphatic rings. The lowest BCUT2D eigenvalue weighted by molar-refractivity contribution is -0.709. The molecule has 35 heavy (non-hydrogen) atoms. The van der Waals surface area contributed by atoms with Gasteiger partial charge >= 0.3 is 0 Å². The Morgan fingerprint density at radius 2 is 0.914 bits per heavy atom. The van der Waals surface area contributed by atoms with Gasteiger partial charge in [0.2, 0.25) is 0 Å². The Bertz CT molecular complexity index is 520. The van der Waals surface area contributed by atoms with E-state index in [1.165, 1.54) is 69.8 Å². The lowest BCUT2D eigenvalue weighted by Crippen LogP contribution is -2.92. The number of quaternary nitrogens is 2. The molecule has 0 radical (unpaired) electrons. The van der Waals surface area contributed by atoms with E-state index in [-0.39, 0.29) is 0 Å². The van der Waals surface area contributed by atoms with Gasteiger partial charge in [-0.05, 0) is 73.8 Å². The molecule has 0 spiro atoms. The molecule has 0 fully saturated rings. The van der Waals surface area contributed by atoms with E-state index >= 15 is 0 Å². The summed E-state index contributed by atoms with van der Waals surface area (Å²) in [6.07, 6.45) is 14.5.